The third-order valence-corrected chi connectivity index (χ3v) is 6.76. The van der Waals surface area contributed by atoms with Crippen molar-refractivity contribution in [3.63, 3.8) is 0 Å². The number of amides is 1. The van der Waals surface area contributed by atoms with E-state index in [1.165, 1.54) is 25.5 Å². The zero-order valence-corrected chi connectivity index (χ0v) is 21.0. The summed E-state index contributed by atoms with van der Waals surface area (Å²) in [6.45, 7) is 2.04. The van der Waals surface area contributed by atoms with Gasteiger partial charge in [0.15, 0.2) is 0 Å². The Morgan fingerprint density at radius 1 is 1.08 bits per heavy atom. The fourth-order valence-electron chi connectivity index (χ4n) is 4.62. The van der Waals surface area contributed by atoms with E-state index in [9.17, 15) is 22.8 Å². The molecule has 3 aromatic rings. The highest BCUT2D eigenvalue weighted by Gasteiger charge is 2.31. The molecule has 1 saturated carbocycles. The molecule has 10 heteroatoms. The molecule has 0 aliphatic heterocycles. The van der Waals surface area contributed by atoms with Crippen LogP contribution in [0.25, 0.3) is 11.3 Å². The average Bonchev–Trinajstić information content (AvgIpc) is 3.31. The zero-order chi connectivity index (χ0) is 27.3. The van der Waals surface area contributed by atoms with Crippen molar-refractivity contribution in [2.75, 3.05) is 6.54 Å². The molecule has 2 aromatic carbocycles. The van der Waals surface area contributed by atoms with Gasteiger partial charge in [-0.1, -0.05) is 38.3 Å². The molecule has 1 unspecified atom stereocenters. The van der Waals surface area contributed by atoms with Gasteiger partial charge < -0.3 is 15.2 Å². The van der Waals surface area contributed by atoms with Crippen molar-refractivity contribution < 1.29 is 32.6 Å². The minimum Gasteiger partial charge on any atom is -0.481 e. The maximum absolute atomic E-state index is 12.5. The van der Waals surface area contributed by atoms with Crippen LogP contribution in [0.3, 0.4) is 0 Å². The summed E-state index contributed by atoms with van der Waals surface area (Å²) < 4.78 is 43.5. The third kappa shape index (κ3) is 7.14. The first kappa shape index (κ1) is 27.2. The number of nitrogens with zero attached hydrogens (tertiary/aromatic N) is 2. The fraction of sp³-hybridized carbons (Fsp3) is 0.393. The molecule has 1 heterocycles. The molecule has 0 saturated heterocycles. The van der Waals surface area contributed by atoms with Crippen LogP contribution < -0.4 is 10.1 Å². The lowest BCUT2D eigenvalue weighted by molar-refractivity contribution is -0.274. The van der Waals surface area contributed by atoms with Crippen LogP contribution in [0.5, 0.6) is 5.75 Å². The summed E-state index contributed by atoms with van der Waals surface area (Å²) in [4.78, 5) is 23.3. The molecular weight excluding hydrogens is 499 g/mol. The lowest BCUT2D eigenvalue weighted by atomic mass is 9.86. The van der Waals surface area contributed by atoms with Gasteiger partial charge in [-0.05, 0) is 60.9 Å². The van der Waals surface area contributed by atoms with Crippen LogP contribution in [-0.4, -0.2) is 39.7 Å². The SMILES string of the molecule is CC(CNC(=O)c1ccc(Cn2nc(-c3ccc(OC(F)(F)F)cc3)cc2C2CCCCC2)cc1)C(=O)O. The van der Waals surface area contributed by atoms with Crippen LogP contribution in [0.15, 0.2) is 54.6 Å². The van der Waals surface area contributed by atoms with Crippen molar-refractivity contribution in [3.8, 4) is 17.0 Å². The number of alkyl halides is 3. The Bertz CT molecular complexity index is 1250. The molecule has 7 nitrogen and oxygen atoms in total. The highest BCUT2D eigenvalue weighted by molar-refractivity contribution is 5.94. The molecule has 0 bridgehead atoms. The van der Waals surface area contributed by atoms with Crippen molar-refractivity contribution in [1.29, 1.82) is 0 Å². The van der Waals surface area contributed by atoms with E-state index in [2.05, 4.69) is 10.1 Å². The van der Waals surface area contributed by atoms with E-state index in [1.807, 2.05) is 22.9 Å². The molecule has 0 spiro atoms. The minimum absolute atomic E-state index is 0.0417. The lowest BCUT2D eigenvalue weighted by Crippen LogP contribution is -2.31. The van der Waals surface area contributed by atoms with Crippen molar-refractivity contribution in [3.05, 3.63) is 71.4 Å². The number of ether oxygens (including phenoxy) is 1. The van der Waals surface area contributed by atoms with E-state index in [0.717, 1.165) is 36.9 Å². The average molecular weight is 530 g/mol. The second kappa shape index (κ2) is 11.7. The molecule has 1 aromatic heterocycles. The van der Waals surface area contributed by atoms with Gasteiger partial charge in [-0.3, -0.25) is 14.3 Å². The molecule has 1 aliphatic carbocycles. The number of halogens is 3. The Kier molecular flexibility index (Phi) is 8.38. The van der Waals surface area contributed by atoms with E-state index in [0.29, 0.717) is 29.3 Å². The summed E-state index contributed by atoms with van der Waals surface area (Å²) in [6.07, 6.45) is 0.837. The van der Waals surface area contributed by atoms with Crippen molar-refractivity contribution in [2.45, 2.75) is 57.9 Å². The number of benzene rings is 2. The largest absolute Gasteiger partial charge is 0.573 e. The first-order chi connectivity index (χ1) is 18.1. The molecule has 202 valence electrons. The van der Waals surface area contributed by atoms with Crippen LogP contribution in [0.2, 0.25) is 0 Å². The first-order valence-corrected chi connectivity index (χ1v) is 12.6. The van der Waals surface area contributed by atoms with E-state index in [1.54, 1.807) is 24.3 Å². The van der Waals surface area contributed by atoms with Gasteiger partial charge in [-0.15, -0.1) is 13.2 Å². The topological polar surface area (TPSA) is 93.5 Å². The standard InChI is InChI=1S/C28H30F3N3O4/c1-18(27(36)37)16-32-26(35)22-9-7-19(8-10-22)17-34-25(21-5-3-2-4-6-21)15-24(33-34)20-11-13-23(14-12-20)38-28(29,30)31/h7-15,18,21H,2-6,16-17H2,1H3,(H,32,35)(H,36,37). The predicted molar refractivity (Wildman–Crippen MR) is 135 cm³/mol. The number of hydrogen-bond acceptors (Lipinski definition) is 4. The summed E-state index contributed by atoms with van der Waals surface area (Å²) in [6, 6.07) is 14.8. The Balaban J connectivity index is 1.52. The van der Waals surface area contributed by atoms with Crippen LogP contribution in [0.1, 0.15) is 66.6 Å². The number of carboxylic acids is 1. The van der Waals surface area contributed by atoms with E-state index >= 15 is 0 Å². The Labute approximate surface area is 218 Å². The number of aliphatic carboxylic acids is 1. The highest BCUT2D eigenvalue weighted by atomic mass is 19.4. The molecule has 1 atom stereocenters. The van der Waals surface area contributed by atoms with Crippen molar-refractivity contribution >= 4 is 11.9 Å². The van der Waals surface area contributed by atoms with Gasteiger partial charge in [-0.2, -0.15) is 5.10 Å². The van der Waals surface area contributed by atoms with Gasteiger partial charge >= 0.3 is 12.3 Å². The molecule has 1 aliphatic rings. The van der Waals surface area contributed by atoms with Crippen LogP contribution in [-0.2, 0) is 11.3 Å². The number of carbonyl (C=O) groups is 2. The van der Waals surface area contributed by atoms with Crippen LogP contribution in [0.4, 0.5) is 13.2 Å². The van der Waals surface area contributed by atoms with Crippen LogP contribution >= 0.6 is 0 Å². The lowest BCUT2D eigenvalue weighted by Gasteiger charge is -2.22. The molecular formula is C28H30F3N3O4. The second-order valence-corrected chi connectivity index (χ2v) is 9.67. The zero-order valence-electron chi connectivity index (χ0n) is 21.0. The van der Waals surface area contributed by atoms with Gasteiger partial charge in [0.2, 0.25) is 0 Å². The van der Waals surface area contributed by atoms with Gasteiger partial charge in [0, 0.05) is 29.3 Å². The third-order valence-electron chi connectivity index (χ3n) is 6.76. The minimum atomic E-state index is -4.75. The van der Waals surface area contributed by atoms with Gasteiger partial charge in [0.05, 0.1) is 18.2 Å². The van der Waals surface area contributed by atoms with Crippen LogP contribution in [0, 0.1) is 5.92 Å². The van der Waals surface area contributed by atoms with E-state index in [-0.39, 0.29) is 18.2 Å². The molecule has 1 amide bonds. The quantitative estimate of drug-likeness (QED) is 0.355. The maximum Gasteiger partial charge on any atom is 0.573 e. The second-order valence-electron chi connectivity index (χ2n) is 9.67. The molecule has 4 rings (SSSR count). The summed E-state index contributed by atoms with van der Waals surface area (Å²) in [7, 11) is 0. The highest BCUT2D eigenvalue weighted by Crippen LogP contribution is 2.35. The Morgan fingerprint density at radius 3 is 2.34 bits per heavy atom. The summed E-state index contributed by atoms with van der Waals surface area (Å²) in [5, 5.41) is 16.4. The van der Waals surface area contributed by atoms with Crippen molar-refractivity contribution in [2.24, 2.45) is 5.92 Å². The number of rotatable bonds is 9. The smallest absolute Gasteiger partial charge is 0.481 e. The number of carboxylic acid groups (broad SMARTS) is 1. The summed E-state index contributed by atoms with van der Waals surface area (Å²) in [5.74, 6) is -1.93. The molecule has 1 fully saturated rings. The number of nitrogens with one attached hydrogen (secondary N) is 1. The summed E-state index contributed by atoms with van der Waals surface area (Å²) in [5.41, 5.74) is 3.81. The number of carbonyl (C=O) groups excluding carboxylic acids is 1. The first-order valence-electron chi connectivity index (χ1n) is 12.6. The normalized spacial score (nSPS) is 15.2. The maximum atomic E-state index is 12.5. The van der Waals surface area contributed by atoms with E-state index < -0.39 is 18.2 Å². The molecule has 38 heavy (non-hydrogen) atoms. The van der Waals surface area contributed by atoms with E-state index in [4.69, 9.17) is 10.2 Å². The van der Waals surface area contributed by atoms with Gasteiger partial charge in [0.25, 0.3) is 5.91 Å². The molecule has 2 N–H and O–H groups in total. The Morgan fingerprint density at radius 2 is 1.74 bits per heavy atom. The Hall–Kier alpha value is -3.82. The summed E-state index contributed by atoms with van der Waals surface area (Å²) >= 11 is 0. The molecule has 0 radical (unpaired) electrons. The van der Waals surface area contributed by atoms with Gasteiger partial charge in [-0.25, -0.2) is 0 Å². The van der Waals surface area contributed by atoms with Crippen molar-refractivity contribution in [1.82, 2.24) is 15.1 Å². The number of hydrogen-bond donors (Lipinski definition) is 2. The number of aromatic nitrogens is 2. The predicted octanol–water partition coefficient (Wildman–Crippen LogP) is 6.00. The fourth-order valence-corrected chi connectivity index (χ4v) is 4.62. The van der Waals surface area contributed by atoms with Gasteiger partial charge in [0.1, 0.15) is 5.75 Å². The monoisotopic (exact) mass is 529 g/mol.